The number of carbonyl (C=O) groups excluding carboxylic acids is 2. The van der Waals surface area contributed by atoms with Crippen LogP contribution in [0.4, 0.5) is 11.5 Å². The average molecular weight is 429 g/mol. The predicted octanol–water partition coefficient (Wildman–Crippen LogP) is 2.51. The summed E-state index contributed by atoms with van der Waals surface area (Å²) in [4.78, 5) is 30.7. The summed E-state index contributed by atoms with van der Waals surface area (Å²) < 4.78 is 21.0. The van der Waals surface area contributed by atoms with Crippen molar-refractivity contribution in [1.82, 2.24) is 4.98 Å². The SMILES string of the molecule is COC(=O)COc1cc(C(=O)Nc2ccc(N3CC(C)OC(C)C3)nc2)ccc1OC. The zero-order chi connectivity index (χ0) is 22.4. The lowest BCUT2D eigenvalue weighted by atomic mass is 10.2. The number of carbonyl (C=O) groups is 2. The number of rotatable bonds is 7. The Morgan fingerprint density at radius 2 is 1.87 bits per heavy atom. The van der Waals surface area contributed by atoms with Crippen molar-refractivity contribution >= 4 is 23.4 Å². The fraction of sp³-hybridized carbons (Fsp3) is 0.409. The van der Waals surface area contributed by atoms with Gasteiger partial charge < -0.3 is 29.2 Å². The van der Waals surface area contributed by atoms with Crippen LogP contribution < -0.4 is 19.7 Å². The van der Waals surface area contributed by atoms with E-state index < -0.39 is 5.97 Å². The molecule has 1 fully saturated rings. The lowest BCUT2D eigenvalue weighted by Crippen LogP contribution is -2.45. The quantitative estimate of drug-likeness (QED) is 0.671. The lowest BCUT2D eigenvalue weighted by Gasteiger charge is -2.36. The minimum Gasteiger partial charge on any atom is -0.493 e. The number of pyridine rings is 1. The van der Waals surface area contributed by atoms with Crippen LogP contribution >= 0.6 is 0 Å². The number of benzene rings is 1. The van der Waals surface area contributed by atoms with Crippen LogP contribution in [0.2, 0.25) is 0 Å². The molecule has 9 heteroatoms. The number of ether oxygens (including phenoxy) is 4. The topological polar surface area (TPSA) is 99.2 Å². The van der Waals surface area contributed by atoms with Crippen LogP contribution in [-0.2, 0) is 14.3 Å². The number of aromatic nitrogens is 1. The van der Waals surface area contributed by atoms with Gasteiger partial charge in [0.05, 0.1) is 38.3 Å². The number of nitrogens with zero attached hydrogens (tertiary/aromatic N) is 2. The predicted molar refractivity (Wildman–Crippen MR) is 115 cm³/mol. The minimum atomic E-state index is -0.535. The normalized spacial score (nSPS) is 18.3. The molecule has 31 heavy (non-hydrogen) atoms. The van der Waals surface area contributed by atoms with Crippen molar-refractivity contribution in [3.05, 3.63) is 42.1 Å². The first kappa shape index (κ1) is 22.4. The van der Waals surface area contributed by atoms with Crippen LogP contribution in [0.3, 0.4) is 0 Å². The zero-order valence-electron chi connectivity index (χ0n) is 18.1. The molecule has 9 nitrogen and oxygen atoms in total. The first-order valence-electron chi connectivity index (χ1n) is 9.95. The molecule has 0 bridgehead atoms. The summed E-state index contributed by atoms with van der Waals surface area (Å²) in [6, 6.07) is 8.40. The Morgan fingerprint density at radius 3 is 2.48 bits per heavy atom. The Kier molecular flexibility index (Phi) is 7.30. The van der Waals surface area contributed by atoms with Gasteiger partial charge in [0.25, 0.3) is 5.91 Å². The molecule has 1 saturated heterocycles. The van der Waals surface area contributed by atoms with Crippen molar-refractivity contribution in [2.75, 3.05) is 44.1 Å². The second-order valence-corrected chi connectivity index (χ2v) is 7.25. The Balaban J connectivity index is 1.67. The smallest absolute Gasteiger partial charge is 0.343 e. The van der Waals surface area contributed by atoms with E-state index in [0.717, 1.165) is 18.9 Å². The maximum atomic E-state index is 12.7. The van der Waals surface area contributed by atoms with E-state index in [9.17, 15) is 9.59 Å². The van der Waals surface area contributed by atoms with Gasteiger partial charge in [0, 0.05) is 18.7 Å². The third-order valence-electron chi connectivity index (χ3n) is 4.75. The standard InChI is InChI=1S/C22H27N3O6/c1-14-11-25(12-15(2)31-14)20-8-6-17(10-23-20)24-22(27)16-5-7-18(28-3)19(9-16)30-13-21(26)29-4/h5-10,14-15H,11-13H2,1-4H3,(H,24,27). The van der Waals surface area contributed by atoms with Crippen LogP contribution in [0.15, 0.2) is 36.5 Å². The number of hydrogen-bond acceptors (Lipinski definition) is 8. The summed E-state index contributed by atoms with van der Waals surface area (Å²) in [5, 5.41) is 2.81. The first-order chi connectivity index (χ1) is 14.9. The van der Waals surface area contributed by atoms with Crippen molar-refractivity contribution < 1.29 is 28.5 Å². The van der Waals surface area contributed by atoms with E-state index in [-0.39, 0.29) is 30.5 Å². The molecule has 2 aromatic rings. The number of nitrogens with one attached hydrogen (secondary N) is 1. The summed E-state index contributed by atoms with van der Waals surface area (Å²) in [6.07, 6.45) is 1.89. The van der Waals surface area contributed by atoms with Crippen molar-refractivity contribution in [3.63, 3.8) is 0 Å². The largest absolute Gasteiger partial charge is 0.493 e. The highest BCUT2D eigenvalue weighted by Gasteiger charge is 2.23. The van der Waals surface area contributed by atoms with E-state index in [4.69, 9.17) is 14.2 Å². The monoisotopic (exact) mass is 429 g/mol. The summed E-state index contributed by atoms with van der Waals surface area (Å²) in [5.41, 5.74) is 0.913. The van der Waals surface area contributed by atoms with E-state index in [1.165, 1.54) is 20.3 Å². The van der Waals surface area contributed by atoms with Crippen LogP contribution in [0.1, 0.15) is 24.2 Å². The molecule has 0 saturated carbocycles. The van der Waals surface area contributed by atoms with Gasteiger partial charge in [0.1, 0.15) is 5.82 Å². The second kappa shape index (κ2) is 10.1. The minimum absolute atomic E-state index is 0.135. The molecule has 2 atom stereocenters. The molecule has 0 radical (unpaired) electrons. The molecule has 1 aliphatic rings. The third kappa shape index (κ3) is 5.85. The van der Waals surface area contributed by atoms with Gasteiger partial charge in [0.2, 0.25) is 0 Å². The highest BCUT2D eigenvalue weighted by atomic mass is 16.6. The number of morpholine rings is 1. The number of esters is 1. The molecule has 0 aliphatic carbocycles. The summed E-state index contributed by atoms with van der Waals surface area (Å²) in [7, 11) is 2.75. The van der Waals surface area contributed by atoms with Crippen LogP contribution in [0.25, 0.3) is 0 Å². The Hall–Kier alpha value is -3.33. The molecule has 2 heterocycles. The molecule has 0 spiro atoms. The van der Waals surface area contributed by atoms with Crippen molar-refractivity contribution in [1.29, 1.82) is 0 Å². The lowest BCUT2D eigenvalue weighted by molar-refractivity contribution is -0.142. The van der Waals surface area contributed by atoms with E-state index in [0.29, 0.717) is 17.0 Å². The van der Waals surface area contributed by atoms with Gasteiger partial charge in [0.15, 0.2) is 18.1 Å². The fourth-order valence-corrected chi connectivity index (χ4v) is 3.34. The second-order valence-electron chi connectivity index (χ2n) is 7.25. The van der Waals surface area contributed by atoms with E-state index in [1.54, 1.807) is 18.3 Å². The van der Waals surface area contributed by atoms with Gasteiger partial charge >= 0.3 is 5.97 Å². The molecule has 1 N–H and O–H groups in total. The van der Waals surface area contributed by atoms with Crippen LogP contribution in [-0.4, -0.2) is 63.0 Å². The Morgan fingerprint density at radius 1 is 1.13 bits per heavy atom. The molecule has 1 aliphatic heterocycles. The van der Waals surface area contributed by atoms with Gasteiger partial charge in [-0.1, -0.05) is 0 Å². The molecular formula is C22H27N3O6. The highest BCUT2D eigenvalue weighted by Crippen LogP contribution is 2.28. The summed E-state index contributed by atoms with van der Waals surface area (Å²) in [6.45, 7) is 5.32. The zero-order valence-corrected chi connectivity index (χ0v) is 18.1. The third-order valence-corrected chi connectivity index (χ3v) is 4.75. The highest BCUT2D eigenvalue weighted by molar-refractivity contribution is 6.04. The molecular weight excluding hydrogens is 402 g/mol. The van der Waals surface area contributed by atoms with Gasteiger partial charge in [-0.15, -0.1) is 0 Å². The molecule has 1 aromatic heterocycles. The van der Waals surface area contributed by atoms with E-state index >= 15 is 0 Å². The molecule has 2 unspecified atom stereocenters. The van der Waals surface area contributed by atoms with Crippen molar-refractivity contribution in [3.8, 4) is 11.5 Å². The molecule has 166 valence electrons. The van der Waals surface area contributed by atoms with E-state index in [2.05, 4.69) is 19.9 Å². The molecule has 3 rings (SSSR count). The Bertz CT molecular complexity index is 908. The van der Waals surface area contributed by atoms with Crippen molar-refractivity contribution in [2.45, 2.75) is 26.1 Å². The van der Waals surface area contributed by atoms with E-state index in [1.807, 2.05) is 26.0 Å². The molecule has 1 aromatic carbocycles. The summed E-state index contributed by atoms with van der Waals surface area (Å²) >= 11 is 0. The first-order valence-corrected chi connectivity index (χ1v) is 9.95. The van der Waals surface area contributed by atoms with Crippen LogP contribution in [0, 0.1) is 0 Å². The maximum Gasteiger partial charge on any atom is 0.343 e. The number of methoxy groups -OCH3 is 2. The summed E-state index contributed by atoms with van der Waals surface area (Å²) in [5.74, 6) is 0.633. The van der Waals surface area contributed by atoms with Gasteiger partial charge in [-0.2, -0.15) is 0 Å². The number of anilines is 2. The average Bonchev–Trinajstić information content (AvgIpc) is 2.77. The maximum absolute atomic E-state index is 12.7. The van der Waals surface area contributed by atoms with Gasteiger partial charge in [-0.25, -0.2) is 9.78 Å². The van der Waals surface area contributed by atoms with Crippen molar-refractivity contribution in [2.24, 2.45) is 0 Å². The Labute approximate surface area is 181 Å². The number of hydrogen-bond donors (Lipinski definition) is 1. The van der Waals surface area contributed by atoms with Crippen LogP contribution in [0.5, 0.6) is 11.5 Å². The van der Waals surface area contributed by atoms with Gasteiger partial charge in [-0.05, 0) is 44.2 Å². The molecule has 1 amide bonds. The fourth-order valence-electron chi connectivity index (χ4n) is 3.34. The van der Waals surface area contributed by atoms with Gasteiger partial charge in [-0.3, -0.25) is 4.79 Å². The number of amides is 1.